The molecule has 30 heavy (non-hydrogen) atoms. The van der Waals surface area contributed by atoms with E-state index in [-0.39, 0.29) is 5.91 Å². The largest absolute Gasteiger partial charge is 0.369 e. The summed E-state index contributed by atoms with van der Waals surface area (Å²) in [6.45, 7) is 5.24. The second-order valence-corrected chi connectivity index (χ2v) is 8.56. The minimum atomic E-state index is 0.145. The van der Waals surface area contributed by atoms with Crippen LogP contribution in [0.1, 0.15) is 17.7 Å². The summed E-state index contributed by atoms with van der Waals surface area (Å²) < 4.78 is 0. The number of thiophene rings is 1. The number of nitrogens with one attached hydrogen (secondary N) is 1. The topological polar surface area (TPSA) is 78.4 Å². The summed E-state index contributed by atoms with van der Waals surface area (Å²) in [5.74, 6) is 0.960. The van der Waals surface area contributed by atoms with Crippen LogP contribution in [0.2, 0.25) is 0 Å². The van der Waals surface area contributed by atoms with Gasteiger partial charge in [-0.1, -0.05) is 30.3 Å². The molecule has 7 nitrogen and oxygen atoms in total. The van der Waals surface area contributed by atoms with Gasteiger partial charge in [0.1, 0.15) is 17.0 Å². The molecule has 2 aromatic heterocycles. The fourth-order valence-electron chi connectivity index (χ4n) is 3.81. The third kappa shape index (κ3) is 4.28. The Kier molecular flexibility index (Phi) is 6.23. The average Bonchev–Trinajstić information content (AvgIpc) is 3.13. The van der Waals surface area contributed by atoms with Crippen molar-refractivity contribution in [3.63, 3.8) is 0 Å². The van der Waals surface area contributed by atoms with Crippen LogP contribution in [0.25, 0.3) is 21.3 Å². The quantitative estimate of drug-likeness (QED) is 0.467. The highest BCUT2D eigenvalue weighted by Crippen LogP contribution is 2.40. The molecular weight excluding hydrogens is 398 g/mol. The van der Waals surface area contributed by atoms with Crippen LogP contribution in [0.4, 0.5) is 5.82 Å². The lowest BCUT2D eigenvalue weighted by Gasteiger charge is -2.32. The Morgan fingerprint density at radius 1 is 1.17 bits per heavy atom. The molecule has 2 amide bonds. The van der Waals surface area contributed by atoms with Crippen molar-refractivity contribution in [2.45, 2.75) is 19.8 Å². The molecule has 1 aliphatic heterocycles. The molecule has 1 saturated heterocycles. The number of aryl methyl sites for hydroxylation is 1. The van der Waals surface area contributed by atoms with Gasteiger partial charge in [-0.3, -0.25) is 9.59 Å². The Morgan fingerprint density at radius 2 is 1.93 bits per heavy atom. The fraction of sp³-hybridized carbons (Fsp3) is 0.364. The molecular formula is C22H25N5O2S. The molecule has 0 bridgehead atoms. The normalized spacial score (nSPS) is 14.2. The fourth-order valence-corrected chi connectivity index (χ4v) is 4.82. The van der Waals surface area contributed by atoms with Crippen LogP contribution < -0.4 is 5.32 Å². The van der Waals surface area contributed by atoms with Crippen molar-refractivity contribution in [2.24, 2.45) is 0 Å². The lowest BCUT2D eigenvalue weighted by atomic mass is 10.0. The minimum Gasteiger partial charge on any atom is -0.369 e. The molecule has 1 aromatic carbocycles. The molecule has 156 valence electrons. The van der Waals surface area contributed by atoms with Gasteiger partial charge in [-0.25, -0.2) is 9.97 Å². The molecule has 3 aromatic rings. The first-order valence-corrected chi connectivity index (χ1v) is 11.0. The summed E-state index contributed by atoms with van der Waals surface area (Å²) in [7, 11) is 0. The first-order chi connectivity index (χ1) is 14.7. The van der Waals surface area contributed by atoms with Crippen LogP contribution >= 0.6 is 11.3 Å². The molecule has 0 saturated carbocycles. The summed E-state index contributed by atoms with van der Waals surface area (Å²) >= 11 is 1.67. The monoisotopic (exact) mass is 423 g/mol. The Labute approximate surface area is 179 Å². The van der Waals surface area contributed by atoms with E-state index in [1.165, 1.54) is 10.4 Å². The summed E-state index contributed by atoms with van der Waals surface area (Å²) in [6, 6.07) is 10.3. The predicted octanol–water partition coefficient (Wildman–Crippen LogP) is 3.16. The van der Waals surface area contributed by atoms with E-state index in [2.05, 4.69) is 34.3 Å². The number of aromatic nitrogens is 2. The van der Waals surface area contributed by atoms with E-state index < -0.39 is 0 Å². The van der Waals surface area contributed by atoms with Crippen LogP contribution in [0, 0.1) is 6.92 Å². The number of hydrogen-bond donors (Lipinski definition) is 1. The lowest BCUT2D eigenvalue weighted by Crippen LogP contribution is -2.48. The van der Waals surface area contributed by atoms with Crippen molar-refractivity contribution in [3.05, 3.63) is 41.5 Å². The highest BCUT2D eigenvalue weighted by molar-refractivity contribution is 7.19. The Hall–Kier alpha value is -3.00. The van der Waals surface area contributed by atoms with Gasteiger partial charge in [0.2, 0.25) is 12.3 Å². The molecule has 0 unspecified atom stereocenters. The number of nitrogens with zero attached hydrogens (tertiary/aromatic N) is 4. The SMILES string of the molecule is Cc1sc2ncnc(NCCCC(=O)N3CCN(C=O)CC3)c2c1-c1ccccc1. The maximum Gasteiger partial charge on any atom is 0.222 e. The molecule has 3 heterocycles. The van der Waals surface area contributed by atoms with E-state index in [9.17, 15) is 9.59 Å². The van der Waals surface area contributed by atoms with Crippen LogP contribution in [-0.4, -0.2) is 64.8 Å². The molecule has 1 aliphatic rings. The Bertz CT molecular complexity index is 1030. The third-order valence-electron chi connectivity index (χ3n) is 5.40. The number of piperazine rings is 1. The van der Waals surface area contributed by atoms with E-state index >= 15 is 0 Å². The molecule has 0 radical (unpaired) electrons. The van der Waals surface area contributed by atoms with Crippen LogP contribution in [0.15, 0.2) is 36.7 Å². The first kappa shape index (κ1) is 20.3. The van der Waals surface area contributed by atoms with E-state index in [1.807, 2.05) is 23.1 Å². The maximum absolute atomic E-state index is 12.4. The van der Waals surface area contributed by atoms with Gasteiger partial charge in [0.05, 0.1) is 5.39 Å². The van der Waals surface area contributed by atoms with Crippen LogP contribution in [-0.2, 0) is 9.59 Å². The molecule has 0 atom stereocenters. The number of carbonyl (C=O) groups is 2. The van der Waals surface area contributed by atoms with Crippen LogP contribution in [0.3, 0.4) is 0 Å². The maximum atomic E-state index is 12.4. The van der Waals surface area contributed by atoms with Gasteiger partial charge in [-0.15, -0.1) is 11.3 Å². The molecule has 0 aliphatic carbocycles. The third-order valence-corrected chi connectivity index (χ3v) is 6.42. The zero-order valence-corrected chi connectivity index (χ0v) is 17.8. The van der Waals surface area contributed by atoms with Gasteiger partial charge >= 0.3 is 0 Å². The van der Waals surface area contributed by atoms with Gasteiger partial charge in [-0.05, 0) is 18.9 Å². The second-order valence-electron chi connectivity index (χ2n) is 7.35. The summed E-state index contributed by atoms with van der Waals surface area (Å²) in [5.41, 5.74) is 2.33. The zero-order valence-electron chi connectivity index (χ0n) is 17.0. The van der Waals surface area contributed by atoms with E-state index in [0.29, 0.717) is 39.1 Å². The van der Waals surface area contributed by atoms with Crippen LogP contribution in [0.5, 0.6) is 0 Å². The number of rotatable bonds is 7. The van der Waals surface area contributed by atoms with Gasteiger partial charge in [0, 0.05) is 49.6 Å². The lowest BCUT2D eigenvalue weighted by molar-refractivity contribution is -0.135. The molecule has 1 fully saturated rings. The number of anilines is 1. The van der Waals surface area contributed by atoms with Gasteiger partial charge < -0.3 is 15.1 Å². The highest BCUT2D eigenvalue weighted by Gasteiger charge is 2.20. The van der Waals surface area contributed by atoms with Crippen molar-refractivity contribution in [2.75, 3.05) is 38.0 Å². The standard InChI is InChI=1S/C22H25N5O2S/c1-16-19(17-6-3-2-4-7-17)20-21(24-14-25-22(20)30-16)23-9-5-8-18(29)27-12-10-26(15-28)11-13-27/h2-4,6-7,14-15H,5,8-13H2,1H3,(H,23,24,25). The van der Waals surface area contributed by atoms with Crippen molar-refractivity contribution >= 4 is 39.7 Å². The van der Waals surface area contributed by atoms with Crippen molar-refractivity contribution < 1.29 is 9.59 Å². The van der Waals surface area contributed by atoms with E-state index in [0.717, 1.165) is 34.4 Å². The summed E-state index contributed by atoms with van der Waals surface area (Å²) in [4.78, 5) is 37.9. The predicted molar refractivity (Wildman–Crippen MR) is 120 cm³/mol. The van der Waals surface area contributed by atoms with Gasteiger partial charge in [0.25, 0.3) is 0 Å². The van der Waals surface area contributed by atoms with Gasteiger partial charge in [-0.2, -0.15) is 0 Å². The number of fused-ring (bicyclic) bond motifs is 1. The Morgan fingerprint density at radius 3 is 2.67 bits per heavy atom. The summed E-state index contributed by atoms with van der Waals surface area (Å²) in [5, 5.41) is 4.46. The smallest absolute Gasteiger partial charge is 0.222 e. The highest BCUT2D eigenvalue weighted by atomic mass is 32.1. The van der Waals surface area contributed by atoms with E-state index in [4.69, 9.17) is 0 Å². The minimum absolute atomic E-state index is 0.145. The van der Waals surface area contributed by atoms with E-state index in [1.54, 1.807) is 22.6 Å². The first-order valence-electron chi connectivity index (χ1n) is 10.2. The zero-order chi connectivity index (χ0) is 20.9. The Balaban J connectivity index is 1.40. The number of carbonyl (C=O) groups excluding carboxylic acids is 2. The molecule has 4 rings (SSSR count). The number of hydrogen-bond acceptors (Lipinski definition) is 6. The molecule has 8 heteroatoms. The molecule has 1 N–H and O–H groups in total. The number of benzene rings is 1. The van der Waals surface area contributed by atoms with Crippen molar-refractivity contribution in [3.8, 4) is 11.1 Å². The van der Waals surface area contributed by atoms with Gasteiger partial charge in [0.15, 0.2) is 0 Å². The molecule has 0 spiro atoms. The second kappa shape index (κ2) is 9.21. The van der Waals surface area contributed by atoms with Crippen molar-refractivity contribution in [1.29, 1.82) is 0 Å². The average molecular weight is 424 g/mol. The summed E-state index contributed by atoms with van der Waals surface area (Å²) in [6.07, 6.45) is 3.65. The number of amides is 2. The van der Waals surface area contributed by atoms with Crippen molar-refractivity contribution in [1.82, 2.24) is 19.8 Å².